The molecule has 0 heterocycles. The molecule has 1 aromatic carbocycles. The minimum atomic E-state index is -3.90. The highest BCUT2D eigenvalue weighted by Crippen LogP contribution is 2.18. The number of nitrogens with one attached hydrogen (secondary N) is 2. The summed E-state index contributed by atoms with van der Waals surface area (Å²) in [5, 5.41) is 2.92. The maximum Gasteiger partial charge on any atom is 0.325 e. The van der Waals surface area contributed by atoms with Gasteiger partial charge >= 0.3 is 5.97 Å². The smallest absolute Gasteiger partial charge is 0.325 e. The van der Waals surface area contributed by atoms with E-state index < -0.39 is 28.1 Å². The van der Waals surface area contributed by atoms with Gasteiger partial charge in [-0.25, -0.2) is 8.42 Å². The molecule has 2 rings (SSSR count). The van der Waals surface area contributed by atoms with Crippen LogP contribution in [0, 0.1) is 12.8 Å². The van der Waals surface area contributed by atoms with Crippen LogP contribution in [0.1, 0.15) is 58.4 Å². The quantitative estimate of drug-likeness (QED) is 0.625. The van der Waals surface area contributed by atoms with Crippen molar-refractivity contribution in [1.29, 1.82) is 0 Å². The number of sulfonamides is 1. The zero-order valence-electron chi connectivity index (χ0n) is 17.6. The Kier molecular flexibility index (Phi) is 8.22. The summed E-state index contributed by atoms with van der Waals surface area (Å²) in [5.74, 6) is -1.47. The number of esters is 1. The first kappa shape index (κ1) is 23.3. The largest absolute Gasteiger partial charge is 0.451 e. The van der Waals surface area contributed by atoms with Crippen LogP contribution in [0.25, 0.3) is 0 Å². The molecule has 1 saturated carbocycles. The lowest BCUT2D eigenvalue weighted by Gasteiger charge is -2.26. The minimum Gasteiger partial charge on any atom is -0.451 e. The van der Waals surface area contributed by atoms with Gasteiger partial charge in [-0.1, -0.05) is 50.8 Å². The molecule has 162 valence electrons. The van der Waals surface area contributed by atoms with E-state index in [1.807, 2.05) is 6.92 Å². The lowest BCUT2D eigenvalue weighted by Crippen LogP contribution is -2.48. The van der Waals surface area contributed by atoms with E-state index in [4.69, 9.17) is 4.74 Å². The molecule has 2 N–H and O–H groups in total. The van der Waals surface area contributed by atoms with E-state index in [2.05, 4.69) is 10.0 Å². The number of carbonyl (C=O) groups is 2. The van der Waals surface area contributed by atoms with Gasteiger partial charge < -0.3 is 10.1 Å². The first-order chi connectivity index (χ1) is 13.6. The van der Waals surface area contributed by atoms with Crippen LogP contribution >= 0.6 is 0 Å². The summed E-state index contributed by atoms with van der Waals surface area (Å²) in [6.07, 6.45) is 4.20. The van der Waals surface area contributed by atoms with E-state index in [1.165, 1.54) is 25.5 Å². The molecule has 1 fully saturated rings. The van der Waals surface area contributed by atoms with Gasteiger partial charge in [-0.2, -0.15) is 4.72 Å². The van der Waals surface area contributed by atoms with E-state index >= 15 is 0 Å². The van der Waals surface area contributed by atoms with Crippen LogP contribution < -0.4 is 10.0 Å². The van der Waals surface area contributed by atoms with Crippen molar-refractivity contribution in [1.82, 2.24) is 10.0 Å². The highest BCUT2D eigenvalue weighted by molar-refractivity contribution is 7.89. The molecule has 0 bridgehead atoms. The topological polar surface area (TPSA) is 102 Å². The van der Waals surface area contributed by atoms with E-state index in [1.54, 1.807) is 26.0 Å². The lowest BCUT2D eigenvalue weighted by atomic mass is 9.95. The van der Waals surface area contributed by atoms with Gasteiger partial charge in [-0.05, 0) is 44.7 Å². The molecule has 8 heteroatoms. The number of carbonyl (C=O) groups excluding carboxylic acids is 2. The Bertz CT molecular complexity index is 799. The molecule has 0 saturated heterocycles. The van der Waals surface area contributed by atoms with Gasteiger partial charge in [0, 0.05) is 6.04 Å². The van der Waals surface area contributed by atoms with Crippen molar-refractivity contribution < 1.29 is 22.7 Å². The number of aryl methyl sites for hydroxylation is 1. The molecule has 0 spiro atoms. The van der Waals surface area contributed by atoms with Crippen molar-refractivity contribution in [3.63, 3.8) is 0 Å². The van der Waals surface area contributed by atoms with Crippen molar-refractivity contribution in [3.8, 4) is 0 Å². The molecule has 0 radical (unpaired) electrons. The molecule has 2 atom stereocenters. The van der Waals surface area contributed by atoms with Crippen LogP contribution in [0.15, 0.2) is 29.2 Å². The Labute approximate surface area is 173 Å². The number of benzene rings is 1. The average Bonchev–Trinajstić information content (AvgIpc) is 2.67. The maximum absolute atomic E-state index is 12.6. The molecular weight excluding hydrogens is 392 g/mol. The summed E-state index contributed by atoms with van der Waals surface area (Å²) in [6.45, 7) is 6.80. The molecule has 29 heavy (non-hydrogen) atoms. The van der Waals surface area contributed by atoms with Gasteiger partial charge in [0.15, 0.2) is 6.10 Å². The fourth-order valence-corrected chi connectivity index (χ4v) is 4.61. The Balaban J connectivity index is 2.00. The maximum atomic E-state index is 12.6. The van der Waals surface area contributed by atoms with Crippen LogP contribution in [0.5, 0.6) is 0 Å². The normalized spacial score (nSPS) is 17.6. The molecule has 1 aliphatic carbocycles. The average molecular weight is 425 g/mol. The van der Waals surface area contributed by atoms with Crippen molar-refractivity contribution in [2.75, 3.05) is 0 Å². The molecule has 0 aliphatic heterocycles. The van der Waals surface area contributed by atoms with Gasteiger partial charge in [-0.15, -0.1) is 0 Å². The van der Waals surface area contributed by atoms with Crippen LogP contribution in [0.3, 0.4) is 0 Å². The monoisotopic (exact) mass is 424 g/mol. The van der Waals surface area contributed by atoms with Gasteiger partial charge in [0.1, 0.15) is 6.04 Å². The Hall–Kier alpha value is -1.93. The van der Waals surface area contributed by atoms with Crippen molar-refractivity contribution >= 4 is 21.9 Å². The zero-order valence-corrected chi connectivity index (χ0v) is 18.4. The highest BCUT2D eigenvalue weighted by Gasteiger charge is 2.32. The fourth-order valence-electron chi connectivity index (χ4n) is 3.28. The Morgan fingerprint density at radius 2 is 1.62 bits per heavy atom. The molecule has 1 aromatic rings. The first-order valence-electron chi connectivity index (χ1n) is 10.2. The van der Waals surface area contributed by atoms with Crippen LogP contribution in [-0.2, 0) is 24.3 Å². The van der Waals surface area contributed by atoms with E-state index in [0.29, 0.717) is 0 Å². The van der Waals surface area contributed by atoms with Gasteiger partial charge in [-0.3, -0.25) is 9.59 Å². The summed E-state index contributed by atoms with van der Waals surface area (Å²) >= 11 is 0. The SMILES string of the molecule is Cc1ccc(S(=O)(=O)N[C@@H](C(=O)O[C@@H](C)C(=O)NC2CCCCC2)C(C)C)cc1. The van der Waals surface area contributed by atoms with Gasteiger partial charge in [0.05, 0.1) is 4.90 Å². The standard InChI is InChI=1S/C21H32N2O5S/c1-14(2)19(23-29(26,27)18-12-10-15(3)11-13-18)21(25)28-16(4)20(24)22-17-8-6-5-7-9-17/h10-14,16-17,19,23H,5-9H2,1-4H3,(H,22,24)/t16-,19+/m0/s1. The van der Waals surface area contributed by atoms with E-state index in [-0.39, 0.29) is 22.8 Å². The molecule has 0 aromatic heterocycles. The van der Waals surface area contributed by atoms with Crippen LogP contribution in [0.4, 0.5) is 0 Å². The summed E-state index contributed by atoms with van der Waals surface area (Å²) in [7, 11) is -3.90. The number of ether oxygens (including phenoxy) is 1. The predicted molar refractivity (Wildman–Crippen MR) is 111 cm³/mol. The van der Waals surface area contributed by atoms with Gasteiger partial charge in [0.2, 0.25) is 10.0 Å². The number of hydrogen-bond donors (Lipinski definition) is 2. The second-order valence-electron chi connectivity index (χ2n) is 8.08. The second kappa shape index (κ2) is 10.2. The minimum absolute atomic E-state index is 0.0737. The van der Waals surface area contributed by atoms with Crippen LogP contribution in [-0.4, -0.2) is 38.5 Å². The molecule has 1 aliphatic rings. The predicted octanol–water partition coefficient (Wildman–Crippen LogP) is 2.68. The third-order valence-electron chi connectivity index (χ3n) is 5.15. The highest BCUT2D eigenvalue weighted by atomic mass is 32.2. The van der Waals surface area contributed by atoms with Crippen molar-refractivity contribution in [2.24, 2.45) is 5.92 Å². The summed E-state index contributed by atoms with van der Waals surface area (Å²) in [6, 6.07) is 5.37. The number of rotatable bonds is 8. The zero-order chi connectivity index (χ0) is 21.6. The van der Waals surface area contributed by atoms with E-state index in [0.717, 1.165) is 31.2 Å². The van der Waals surface area contributed by atoms with Gasteiger partial charge in [0.25, 0.3) is 5.91 Å². The van der Waals surface area contributed by atoms with Crippen molar-refractivity contribution in [2.45, 2.75) is 82.9 Å². The van der Waals surface area contributed by atoms with E-state index in [9.17, 15) is 18.0 Å². The second-order valence-corrected chi connectivity index (χ2v) is 9.79. The Morgan fingerprint density at radius 1 is 1.03 bits per heavy atom. The summed E-state index contributed by atoms with van der Waals surface area (Å²) in [5.41, 5.74) is 0.932. The summed E-state index contributed by atoms with van der Waals surface area (Å²) in [4.78, 5) is 25.1. The molecule has 7 nitrogen and oxygen atoms in total. The third kappa shape index (κ3) is 6.82. The van der Waals surface area contributed by atoms with Crippen LogP contribution in [0.2, 0.25) is 0 Å². The van der Waals surface area contributed by atoms with Crippen molar-refractivity contribution in [3.05, 3.63) is 29.8 Å². The Morgan fingerprint density at radius 3 is 2.17 bits per heavy atom. The fraction of sp³-hybridized carbons (Fsp3) is 0.619. The third-order valence-corrected chi connectivity index (χ3v) is 6.60. The molecule has 0 unspecified atom stereocenters. The molecular formula is C21H32N2O5S. The summed E-state index contributed by atoms with van der Waals surface area (Å²) < 4.78 is 33.0. The number of amides is 1. The lowest BCUT2D eigenvalue weighted by molar-refractivity contribution is -0.157. The molecule has 1 amide bonds. The first-order valence-corrected chi connectivity index (χ1v) is 11.7. The number of hydrogen-bond acceptors (Lipinski definition) is 5.